The van der Waals surface area contributed by atoms with E-state index < -0.39 is 0 Å². The monoisotopic (exact) mass is 363 g/mol. The number of nitrogens with zero attached hydrogens (tertiary/aromatic N) is 4. The van der Waals surface area contributed by atoms with Crippen LogP contribution in [0.25, 0.3) is 0 Å². The van der Waals surface area contributed by atoms with E-state index in [9.17, 15) is 4.79 Å². The molecule has 1 fully saturated rings. The maximum atomic E-state index is 12.2. The molecule has 1 saturated heterocycles. The summed E-state index contributed by atoms with van der Waals surface area (Å²) in [6, 6.07) is 3.89. The van der Waals surface area contributed by atoms with Gasteiger partial charge in [-0.25, -0.2) is 4.98 Å². The van der Waals surface area contributed by atoms with Crippen LogP contribution in [0.15, 0.2) is 12.1 Å². The molecule has 2 N–H and O–H groups in total. The first kappa shape index (κ1) is 20.5. The van der Waals surface area contributed by atoms with Gasteiger partial charge in [0.2, 0.25) is 5.91 Å². The first-order valence-corrected chi connectivity index (χ1v) is 9.65. The molecule has 7 heteroatoms. The number of pyridine rings is 1. The van der Waals surface area contributed by atoms with Gasteiger partial charge in [-0.2, -0.15) is 0 Å². The van der Waals surface area contributed by atoms with Crippen molar-refractivity contribution in [2.75, 3.05) is 68.0 Å². The van der Waals surface area contributed by atoms with Crippen molar-refractivity contribution in [2.45, 2.75) is 33.6 Å². The Morgan fingerprint density at radius 1 is 1.19 bits per heavy atom. The van der Waals surface area contributed by atoms with Crippen LogP contribution in [-0.4, -0.2) is 68.3 Å². The Morgan fingerprint density at radius 3 is 2.42 bits per heavy atom. The summed E-state index contributed by atoms with van der Waals surface area (Å²) in [5.41, 5.74) is 7.10. The van der Waals surface area contributed by atoms with Crippen LogP contribution in [0.4, 0.5) is 17.3 Å². The van der Waals surface area contributed by atoms with Crippen molar-refractivity contribution in [3.05, 3.63) is 12.1 Å². The molecular weight excluding hydrogens is 330 g/mol. The standard InChI is InChI=1S/C19H33N5O2/c1-4-6-23(7-5-2)17-14-18(20)21-19(15-17)24(16(3)25)9-8-22-10-12-26-13-11-22/h14-15H,4-13H2,1-3H3,(H2,20,21). The maximum absolute atomic E-state index is 12.2. The molecule has 7 nitrogen and oxygen atoms in total. The van der Waals surface area contributed by atoms with E-state index in [-0.39, 0.29) is 5.91 Å². The van der Waals surface area contributed by atoms with Crippen LogP contribution in [0.1, 0.15) is 33.6 Å². The number of aromatic nitrogens is 1. The molecule has 0 atom stereocenters. The molecule has 0 radical (unpaired) electrons. The SMILES string of the molecule is CCCN(CCC)c1cc(N)nc(N(CCN2CCOCC2)C(C)=O)c1. The molecule has 2 heterocycles. The predicted octanol–water partition coefficient (Wildman–Crippen LogP) is 1.98. The van der Waals surface area contributed by atoms with Gasteiger partial charge in [0, 0.05) is 64.0 Å². The number of amides is 1. The molecule has 0 saturated carbocycles. The summed E-state index contributed by atoms with van der Waals surface area (Å²) in [5, 5.41) is 0. The average Bonchev–Trinajstić information content (AvgIpc) is 2.62. The number of nitrogen functional groups attached to an aromatic ring is 1. The van der Waals surface area contributed by atoms with Crippen LogP contribution in [0, 0.1) is 0 Å². The second-order valence-corrected chi connectivity index (χ2v) is 6.72. The van der Waals surface area contributed by atoms with Gasteiger partial charge in [0.25, 0.3) is 0 Å². The average molecular weight is 364 g/mol. The first-order valence-electron chi connectivity index (χ1n) is 9.65. The molecule has 1 amide bonds. The molecule has 0 bridgehead atoms. The van der Waals surface area contributed by atoms with E-state index >= 15 is 0 Å². The summed E-state index contributed by atoms with van der Waals surface area (Å²) >= 11 is 0. The van der Waals surface area contributed by atoms with Crippen molar-refractivity contribution in [3.8, 4) is 0 Å². The Bertz CT molecular complexity index is 569. The molecule has 0 aliphatic carbocycles. The molecule has 1 aromatic rings. The van der Waals surface area contributed by atoms with E-state index in [1.54, 1.807) is 11.8 Å². The zero-order valence-corrected chi connectivity index (χ0v) is 16.4. The molecule has 0 spiro atoms. The fourth-order valence-corrected chi connectivity index (χ4v) is 3.25. The fraction of sp³-hybridized carbons (Fsp3) is 0.684. The van der Waals surface area contributed by atoms with Gasteiger partial charge in [-0.05, 0) is 12.8 Å². The van der Waals surface area contributed by atoms with Crippen LogP contribution >= 0.6 is 0 Å². The molecule has 146 valence electrons. The molecule has 1 aliphatic heterocycles. The molecule has 1 aromatic heterocycles. The Hall–Kier alpha value is -1.86. The van der Waals surface area contributed by atoms with Gasteiger partial charge in [-0.3, -0.25) is 14.6 Å². The maximum Gasteiger partial charge on any atom is 0.225 e. The van der Waals surface area contributed by atoms with Crippen LogP contribution in [-0.2, 0) is 9.53 Å². The van der Waals surface area contributed by atoms with E-state index in [1.165, 1.54) is 0 Å². The van der Waals surface area contributed by atoms with Crippen molar-refractivity contribution < 1.29 is 9.53 Å². The Kier molecular flexibility index (Phi) is 8.12. The third-order valence-corrected chi connectivity index (χ3v) is 4.57. The highest BCUT2D eigenvalue weighted by atomic mass is 16.5. The number of carbonyl (C=O) groups is 1. The second-order valence-electron chi connectivity index (χ2n) is 6.72. The van der Waals surface area contributed by atoms with Gasteiger partial charge in [-0.1, -0.05) is 13.8 Å². The van der Waals surface area contributed by atoms with Crippen molar-refractivity contribution in [1.29, 1.82) is 0 Å². The lowest BCUT2D eigenvalue weighted by atomic mass is 10.2. The lowest BCUT2D eigenvalue weighted by molar-refractivity contribution is -0.116. The normalized spacial score (nSPS) is 15.0. The zero-order chi connectivity index (χ0) is 18.9. The van der Waals surface area contributed by atoms with Gasteiger partial charge in [-0.15, -0.1) is 0 Å². The third-order valence-electron chi connectivity index (χ3n) is 4.57. The highest BCUT2D eigenvalue weighted by Crippen LogP contribution is 2.24. The molecular formula is C19H33N5O2. The highest BCUT2D eigenvalue weighted by molar-refractivity contribution is 5.91. The minimum Gasteiger partial charge on any atom is -0.384 e. The van der Waals surface area contributed by atoms with E-state index in [0.29, 0.717) is 18.2 Å². The minimum atomic E-state index is -0.0140. The number of morpholine rings is 1. The van der Waals surface area contributed by atoms with Crippen molar-refractivity contribution in [3.63, 3.8) is 0 Å². The molecule has 0 aromatic carbocycles. The summed E-state index contributed by atoms with van der Waals surface area (Å²) in [7, 11) is 0. The van der Waals surface area contributed by atoms with Gasteiger partial charge in [0.05, 0.1) is 13.2 Å². The number of hydrogen-bond acceptors (Lipinski definition) is 6. The van der Waals surface area contributed by atoms with Crippen molar-refractivity contribution >= 4 is 23.2 Å². The van der Waals surface area contributed by atoms with Crippen molar-refractivity contribution in [2.24, 2.45) is 0 Å². The molecule has 2 rings (SSSR count). The number of nitrogens with two attached hydrogens (primary N) is 1. The topological polar surface area (TPSA) is 74.9 Å². The number of rotatable bonds is 9. The largest absolute Gasteiger partial charge is 0.384 e. The van der Waals surface area contributed by atoms with Gasteiger partial charge in [0.1, 0.15) is 11.6 Å². The molecule has 1 aliphatic rings. The number of ether oxygens (including phenoxy) is 1. The lowest BCUT2D eigenvalue weighted by Crippen LogP contribution is -2.43. The van der Waals surface area contributed by atoms with Crippen LogP contribution in [0.5, 0.6) is 0 Å². The molecule has 26 heavy (non-hydrogen) atoms. The van der Waals surface area contributed by atoms with E-state index in [1.807, 2.05) is 12.1 Å². The zero-order valence-electron chi connectivity index (χ0n) is 16.4. The first-order chi connectivity index (χ1) is 12.5. The molecule has 0 unspecified atom stereocenters. The smallest absolute Gasteiger partial charge is 0.225 e. The highest BCUT2D eigenvalue weighted by Gasteiger charge is 2.18. The Labute approximate surface area is 157 Å². The summed E-state index contributed by atoms with van der Waals surface area (Å²) in [5.74, 6) is 1.07. The van der Waals surface area contributed by atoms with Crippen LogP contribution in [0.3, 0.4) is 0 Å². The Balaban J connectivity index is 2.17. The third kappa shape index (κ3) is 5.85. The summed E-state index contributed by atoms with van der Waals surface area (Å²) in [4.78, 5) is 23.0. The predicted molar refractivity (Wildman–Crippen MR) is 107 cm³/mol. The number of anilines is 3. The quantitative estimate of drug-likeness (QED) is 0.723. The van der Waals surface area contributed by atoms with Crippen LogP contribution < -0.4 is 15.5 Å². The summed E-state index contributed by atoms with van der Waals surface area (Å²) in [6.07, 6.45) is 2.12. The summed E-state index contributed by atoms with van der Waals surface area (Å²) in [6.45, 7) is 12.6. The van der Waals surface area contributed by atoms with E-state index in [0.717, 1.165) is 64.5 Å². The second kappa shape index (κ2) is 10.3. The lowest BCUT2D eigenvalue weighted by Gasteiger charge is -2.30. The Morgan fingerprint density at radius 2 is 1.85 bits per heavy atom. The van der Waals surface area contributed by atoms with Gasteiger partial charge < -0.3 is 15.4 Å². The minimum absolute atomic E-state index is 0.0140. The van der Waals surface area contributed by atoms with E-state index in [2.05, 4.69) is 28.6 Å². The number of hydrogen-bond donors (Lipinski definition) is 1. The summed E-state index contributed by atoms with van der Waals surface area (Å²) < 4.78 is 5.39. The number of carbonyl (C=O) groups excluding carboxylic acids is 1. The van der Waals surface area contributed by atoms with Crippen molar-refractivity contribution in [1.82, 2.24) is 9.88 Å². The van der Waals surface area contributed by atoms with Crippen LogP contribution in [0.2, 0.25) is 0 Å². The van der Waals surface area contributed by atoms with Gasteiger partial charge in [0.15, 0.2) is 0 Å². The van der Waals surface area contributed by atoms with Gasteiger partial charge >= 0.3 is 0 Å². The fourth-order valence-electron chi connectivity index (χ4n) is 3.25. The van der Waals surface area contributed by atoms with E-state index in [4.69, 9.17) is 10.5 Å².